The number of hydrogen-bond donors (Lipinski definition) is 0. The van der Waals surface area contributed by atoms with E-state index in [1.807, 2.05) is 36.4 Å². The molecule has 2 aromatic carbocycles. The van der Waals surface area contributed by atoms with E-state index < -0.39 is 0 Å². The summed E-state index contributed by atoms with van der Waals surface area (Å²) in [4.78, 5) is 0. The highest BCUT2D eigenvalue weighted by atomic mass is 32.2. The quantitative estimate of drug-likeness (QED) is 0.550. The molecule has 0 atom stereocenters. The number of nitriles is 1. The molecule has 1 heterocycles. The first kappa shape index (κ1) is 18.0. The number of aromatic nitrogens is 2. The van der Waals surface area contributed by atoms with Crippen LogP contribution in [0.15, 0.2) is 58.2 Å². The monoisotopic (exact) mass is 365 g/mol. The first-order valence-corrected chi connectivity index (χ1v) is 9.33. The molecule has 0 unspecified atom stereocenters. The van der Waals surface area contributed by atoms with Crippen molar-refractivity contribution < 1.29 is 9.15 Å². The van der Waals surface area contributed by atoms with E-state index in [2.05, 4.69) is 28.4 Å². The molecule has 132 valence electrons. The highest BCUT2D eigenvalue weighted by Crippen LogP contribution is 2.23. The van der Waals surface area contributed by atoms with Gasteiger partial charge in [-0.25, -0.2) is 0 Å². The molecule has 26 heavy (non-hydrogen) atoms. The first-order chi connectivity index (χ1) is 12.8. The lowest BCUT2D eigenvalue weighted by atomic mass is 10.1. The van der Waals surface area contributed by atoms with Crippen LogP contribution in [-0.2, 0) is 18.6 Å². The van der Waals surface area contributed by atoms with Crippen LogP contribution in [0.2, 0.25) is 0 Å². The van der Waals surface area contributed by atoms with Gasteiger partial charge in [-0.1, -0.05) is 42.1 Å². The van der Waals surface area contributed by atoms with E-state index in [1.54, 1.807) is 7.11 Å². The number of aryl methyl sites for hydroxylation is 2. The molecule has 0 N–H and O–H groups in total. The summed E-state index contributed by atoms with van der Waals surface area (Å²) in [6.45, 7) is 0. The number of methoxy groups -OCH3 is 1. The van der Waals surface area contributed by atoms with Crippen molar-refractivity contribution in [3.8, 4) is 11.8 Å². The van der Waals surface area contributed by atoms with Crippen LogP contribution in [0.1, 0.15) is 29.0 Å². The van der Waals surface area contributed by atoms with Crippen LogP contribution in [0, 0.1) is 11.3 Å². The van der Waals surface area contributed by atoms with Crippen molar-refractivity contribution >= 4 is 11.8 Å². The van der Waals surface area contributed by atoms with Crippen molar-refractivity contribution in [1.82, 2.24) is 10.2 Å². The van der Waals surface area contributed by atoms with Crippen molar-refractivity contribution in [1.29, 1.82) is 5.26 Å². The van der Waals surface area contributed by atoms with Crippen LogP contribution in [0.25, 0.3) is 0 Å². The lowest BCUT2D eigenvalue weighted by Gasteiger charge is -2.02. The van der Waals surface area contributed by atoms with Crippen molar-refractivity contribution in [2.75, 3.05) is 7.11 Å². The predicted molar refractivity (Wildman–Crippen MR) is 100 cm³/mol. The summed E-state index contributed by atoms with van der Waals surface area (Å²) in [6.07, 6.45) is 2.63. The second kappa shape index (κ2) is 9.07. The maximum atomic E-state index is 9.12. The third kappa shape index (κ3) is 4.87. The molecular weight excluding hydrogens is 346 g/mol. The van der Waals surface area contributed by atoms with Gasteiger partial charge in [0.2, 0.25) is 5.89 Å². The summed E-state index contributed by atoms with van der Waals surface area (Å²) in [7, 11) is 1.67. The predicted octanol–water partition coefficient (Wildman–Crippen LogP) is 4.42. The zero-order valence-electron chi connectivity index (χ0n) is 14.5. The van der Waals surface area contributed by atoms with Crippen molar-refractivity contribution in [3.05, 3.63) is 71.1 Å². The zero-order chi connectivity index (χ0) is 18.2. The fourth-order valence-electron chi connectivity index (χ4n) is 2.53. The molecule has 3 rings (SSSR count). The molecule has 0 fully saturated rings. The largest absolute Gasteiger partial charge is 0.497 e. The van der Waals surface area contributed by atoms with E-state index in [1.165, 1.54) is 17.3 Å². The Labute approximate surface area is 157 Å². The van der Waals surface area contributed by atoms with Crippen LogP contribution in [0.5, 0.6) is 5.75 Å². The van der Waals surface area contributed by atoms with Crippen LogP contribution < -0.4 is 4.74 Å². The summed E-state index contributed by atoms with van der Waals surface area (Å²) < 4.78 is 10.9. The highest BCUT2D eigenvalue weighted by Gasteiger charge is 2.09. The fourth-order valence-corrected chi connectivity index (χ4v) is 3.31. The van der Waals surface area contributed by atoms with Gasteiger partial charge in [-0.05, 0) is 42.2 Å². The summed E-state index contributed by atoms with van der Waals surface area (Å²) in [5.41, 5.74) is 2.91. The molecule has 0 amide bonds. The molecule has 0 saturated carbocycles. The van der Waals surface area contributed by atoms with Gasteiger partial charge < -0.3 is 9.15 Å². The highest BCUT2D eigenvalue weighted by molar-refractivity contribution is 7.98. The maximum Gasteiger partial charge on any atom is 0.276 e. The molecule has 0 radical (unpaired) electrons. The normalized spacial score (nSPS) is 10.5. The number of ether oxygens (including phenoxy) is 1. The molecule has 0 aliphatic carbocycles. The van der Waals surface area contributed by atoms with Gasteiger partial charge in [0.25, 0.3) is 5.22 Å². The average Bonchev–Trinajstić information content (AvgIpc) is 3.15. The summed E-state index contributed by atoms with van der Waals surface area (Å²) in [5.74, 6) is 2.15. The van der Waals surface area contributed by atoms with Gasteiger partial charge in [-0.3, -0.25) is 0 Å². The second-order valence-electron chi connectivity index (χ2n) is 5.72. The fraction of sp³-hybridized carbons (Fsp3) is 0.250. The molecule has 1 aromatic heterocycles. The Morgan fingerprint density at radius 1 is 1.08 bits per heavy atom. The van der Waals surface area contributed by atoms with Gasteiger partial charge in [0.05, 0.1) is 18.7 Å². The Morgan fingerprint density at radius 2 is 1.88 bits per heavy atom. The number of thioether (sulfide) groups is 1. The summed E-state index contributed by atoms with van der Waals surface area (Å²) in [6, 6.07) is 17.8. The van der Waals surface area contributed by atoms with E-state index in [0.717, 1.165) is 30.6 Å². The van der Waals surface area contributed by atoms with E-state index in [4.69, 9.17) is 14.4 Å². The standard InChI is InChI=1S/C20H19N3O2S/c1-24-18-11-9-15(10-12-18)5-4-8-19-22-23-20(25-19)26-14-17-7-3-2-6-16(17)13-21/h2-3,6-7,9-12H,4-5,8,14H2,1H3. The van der Waals surface area contributed by atoms with Crippen LogP contribution >= 0.6 is 11.8 Å². The Balaban J connectivity index is 1.47. The smallest absolute Gasteiger partial charge is 0.276 e. The Morgan fingerprint density at radius 3 is 2.65 bits per heavy atom. The van der Waals surface area contributed by atoms with Crippen molar-refractivity contribution in [2.45, 2.75) is 30.2 Å². The zero-order valence-corrected chi connectivity index (χ0v) is 15.3. The average molecular weight is 365 g/mol. The SMILES string of the molecule is COc1ccc(CCCc2nnc(SCc3ccccc3C#N)o2)cc1. The molecule has 0 aliphatic heterocycles. The molecule has 6 heteroatoms. The third-order valence-corrected chi connectivity index (χ3v) is 4.82. The number of nitrogens with zero attached hydrogens (tertiary/aromatic N) is 3. The summed E-state index contributed by atoms with van der Waals surface area (Å²) >= 11 is 1.45. The molecule has 0 spiro atoms. The molecule has 0 saturated heterocycles. The molecule has 3 aromatic rings. The molecule has 0 bridgehead atoms. The van der Waals surface area contributed by atoms with Crippen molar-refractivity contribution in [3.63, 3.8) is 0 Å². The van der Waals surface area contributed by atoms with Gasteiger partial charge in [0.15, 0.2) is 0 Å². The minimum atomic E-state index is 0.539. The third-order valence-electron chi connectivity index (χ3n) is 3.95. The van der Waals surface area contributed by atoms with E-state index in [0.29, 0.717) is 22.4 Å². The molecular formula is C20H19N3O2S. The molecule has 0 aliphatic rings. The topological polar surface area (TPSA) is 71.9 Å². The van der Waals surface area contributed by atoms with Gasteiger partial charge in [0, 0.05) is 12.2 Å². The number of hydrogen-bond acceptors (Lipinski definition) is 6. The number of benzene rings is 2. The van der Waals surface area contributed by atoms with E-state index >= 15 is 0 Å². The molecule has 5 nitrogen and oxygen atoms in total. The van der Waals surface area contributed by atoms with Gasteiger partial charge in [-0.2, -0.15) is 5.26 Å². The van der Waals surface area contributed by atoms with E-state index in [-0.39, 0.29) is 0 Å². The summed E-state index contributed by atoms with van der Waals surface area (Å²) in [5, 5.41) is 17.9. The van der Waals surface area contributed by atoms with Crippen LogP contribution in [-0.4, -0.2) is 17.3 Å². The van der Waals surface area contributed by atoms with E-state index in [9.17, 15) is 0 Å². The van der Waals surface area contributed by atoms with Gasteiger partial charge in [0.1, 0.15) is 5.75 Å². The minimum Gasteiger partial charge on any atom is -0.497 e. The Bertz CT molecular complexity index is 885. The second-order valence-corrected chi connectivity index (χ2v) is 6.65. The number of rotatable bonds is 8. The minimum absolute atomic E-state index is 0.539. The van der Waals surface area contributed by atoms with Gasteiger partial charge in [-0.15, -0.1) is 10.2 Å². The van der Waals surface area contributed by atoms with Gasteiger partial charge >= 0.3 is 0 Å². The van der Waals surface area contributed by atoms with Crippen molar-refractivity contribution in [2.24, 2.45) is 0 Å². The van der Waals surface area contributed by atoms with Crippen LogP contribution in [0.3, 0.4) is 0 Å². The maximum absolute atomic E-state index is 9.12. The Hall–Kier alpha value is -2.78. The first-order valence-electron chi connectivity index (χ1n) is 8.34. The lowest BCUT2D eigenvalue weighted by Crippen LogP contribution is -1.91. The van der Waals surface area contributed by atoms with Crippen LogP contribution in [0.4, 0.5) is 0 Å². The lowest BCUT2D eigenvalue weighted by molar-refractivity contribution is 0.409. The Kier molecular flexibility index (Phi) is 6.29.